The van der Waals surface area contributed by atoms with Gasteiger partial charge < -0.3 is 14.4 Å². The van der Waals surface area contributed by atoms with Crippen molar-refractivity contribution in [3.05, 3.63) is 47.5 Å². The van der Waals surface area contributed by atoms with Crippen LogP contribution < -0.4 is 4.74 Å². The molecule has 0 amide bonds. The number of rotatable bonds is 2. The number of fused-ring (bicyclic) bond motifs is 1. The fourth-order valence-corrected chi connectivity index (χ4v) is 2.97. The van der Waals surface area contributed by atoms with E-state index in [0.29, 0.717) is 12.5 Å². The van der Waals surface area contributed by atoms with Crippen molar-refractivity contribution in [2.24, 2.45) is 0 Å². The molecule has 2 heterocycles. The van der Waals surface area contributed by atoms with Crippen molar-refractivity contribution in [3.8, 4) is 5.75 Å². The summed E-state index contributed by atoms with van der Waals surface area (Å²) in [6.07, 6.45) is 6.20. The van der Waals surface area contributed by atoms with Gasteiger partial charge >= 0.3 is 0 Å². The Labute approximate surface area is 118 Å². The van der Waals surface area contributed by atoms with Crippen molar-refractivity contribution in [2.75, 3.05) is 0 Å². The topological polar surface area (TPSA) is 47.3 Å². The van der Waals surface area contributed by atoms with E-state index in [1.165, 1.54) is 12.8 Å². The smallest absolute Gasteiger partial charge is 0.143 e. The zero-order valence-corrected chi connectivity index (χ0v) is 11.5. The third-order valence-corrected chi connectivity index (χ3v) is 4.20. The number of aliphatic hydroxyl groups excluding tert-OH is 1. The Morgan fingerprint density at radius 3 is 3.00 bits per heavy atom. The number of aromatic nitrogens is 2. The number of aryl methyl sites for hydroxylation is 1. The number of hydrogen-bond acceptors (Lipinski definition) is 3. The Kier molecular flexibility index (Phi) is 2.60. The molecule has 4 nitrogen and oxygen atoms in total. The molecule has 2 aliphatic rings. The standard InChI is InChI=1S/C16H18N2O2/c1-10-2-5-15-12(6-10)14(19)7-16(20-15)13-8-17-9-18(13)11-3-4-11/h2,5-6,8-9,11,14,16,19H,3-4,7H2,1H3/t14-,16?/m0/s1. The van der Waals surface area contributed by atoms with Crippen LogP contribution in [-0.2, 0) is 0 Å². The molecule has 4 rings (SSSR count). The Morgan fingerprint density at radius 2 is 2.20 bits per heavy atom. The summed E-state index contributed by atoms with van der Waals surface area (Å²) >= 11 is 0. The van der Waals surface area contributed by atoms with Gasteiger partial charge in [-0.1, -0.05) is 11.6 Å². The lowest BCUT2D eigenvalue weighted by molar-refractivity contribution is 0.0617. The van der Waals surface area contributed by atoms with Gasteiger partial charge in [-0.25, -0.2) is 4.98 Å². The number of nitrogens with zero attached hydrogens (tertiary/aromatic N) is 2. The second kappa shape index (κ2) is 4.35. The Bertz CT molecular complexity index is 646. The summed E-state index contributed by atoms with van der Waals surface area (Å²) in [4.78, 5) is 4.26. The van der Waals surface area contributed by atoms with Crippen LogP contribution in [0.25, 0.3) is 0 Å². The van der Waals surface area contributed by atoms with Gasteiger partial charge in [0.15, 0.2) is 0 Å². The SMILES string of the molecule is Cc1ccc2c(c1)[C@@H](O)CC(c1cncn1C1CC1)O2. The number of aliphatic hydroxyl groups is 1. The van der Waals surface area contributed by atoms with Crippen LogP contribution in [0.1, 0.15) is 54.3 Å². The molecule has 2 atom stereocenters. The predicted molar refractivity (Wildman–Crippen MR) is 74.6 cm³/mol. The summed E-state index contributed by atoms with van der Waals surface area (Å²) in [7, 11) is 0. The first-order valence-electron chi connectivity index (χ1n) is 7.19. The van der Waals surface area contributed by atoms with Crippen molar-refractivity contribution in [2.45, 2.75) is 44.4 Å². The van der Waals surface area contributed by atoms with E-state index in [-0.39, 0.29) is 6.10 Å². The second-order valence-electron chi connectivity index (χ2n) is 5.86. The molecule has 0 spiro atoms. The number of benzene rings is 1. The van der Waals surface area contributed by atoms with Crippen molar-refractivity contribution in [1.29, 1.82) is 0 Å². The van der Waals surface area contributed by atoms with E-state index in [0.717, 1.165) is 22.6 Å². The molecule has 2 aromatic rings. The van der Waals surface area contributed by atoms with E-state index in [1.807, 2.05) is 37.6 Å². The minimum Gasteiger partial charge on any atom is -0.484 e. The van der Waals surface area contributed by atoms with E-state index < -0.39 is 6.10 Å². The molecule has 1 saturated carbocycles. The lowest BCUT2D eigenvalue weighted by Gasteiger charge is -2.30. The van der Waals surface area contributed by atoms with Gasteiger partial charge in [-0.2, -0.15) is 0 Å². The van der Waals surface area contributed by atoms with Crippen LogP contribution >= 0.6 is 0 Å². The Morgan fingerprint density at radius 1 is 1.35 bits per heavy atom. The van der Waals surface area contributed by atoms with Crippen LogP contribution in [-0.4, -0.2) is 14.7 Å². The van der Waals surface area contributed by atoms with Gasteiger partial charge in [-0.05, 0) is 31.9 Å². The minimum atomic E-state index is -0.466. The molecular formula is C16H18N2O2. The van der Waals surface area contributed by atoms with E-state index in [9.17, 15) is 5.11 Å². The molecule has 1 aliphatic heterocycles. The normalized spacial score (nSPS) is 25.1. The summed E-state index contributed by atoms with van der Waals surface area (Å²) in [5, 5.41) is 10.4. The Balaban J connectivity index is 1.68. The Hall–Kier alpha value is -1.81. The van der Waals surface area contributed by atoms with Crippen LogP contribution in [0.15, 0.2) is 30.7 Å². The molecule has 1 fully saturated rings. The van der Waals surface area contributed by atoms with Gasteiger partial charge in [0.05, 0.1) is 24.3 Å². The first kappa shape index (κ1) is 12.0. The monoisotopic (exact) mass is 270 g/mol. The highest BCUT2D eigenvalue weighted by atomic mass is 16.5. The first-order chi connectivity index (χ1) is 9.72. The van der Waals surface area contributed by atoms with Crippen LogP contribution in [0.5, 0.6) is 5.75 Å². The predicted octanol–water partition coefficient (Wildman–Crippen LogP) is 3.08. The van der Waals surface area contributed by atoms with Crippen LogP contribution in [0.2, 0.25) is 0 Å². The summed E-state index contributed by atoms with van der Waals surface area (Å²) < 4.78 is 8.30. The van der Waals surface area contributed by atoms with Crippen LogP contribution in [0.3, 0.4) is 0 Å². The minimum absolute atomic E-state index is 0.108. The summed E-state index contributed by atoms with van der Waals surface area (Å²) in [6.45, 7) is 2.03. The third-order valence-electron chi connectivity index (χ3n) is 4.20. The zero-order valence-electron chi connectivity index (χ0n) is 11.5. The highest BCUT2D eigenvalue weighted by molar-refractivity contribution is 5.40. The van der Waals surface area contributed by atoms with Gasteiger partial charge in [0.1, 0.15) is 11.9 Å². The molecule has 1 aliphatic carbocycles. The van der Waals surface area contributed by atoms with Crippen LogP contribution in [0, 0.1) is 6.92 Å². The molecule has 0 radical (unpaired) electrons. The molecule has 1 aromatic heterocycles. The summed E-state index contributed by atoms with van der Waals surface area (Å²) in [5.41, 5.74) is 3.13. The lowest BCUT2D eigenvalue weighted by Crippen LogP contribution is -2.21. The van der Waals surface area contributed by atoms with Gasteiger partial charge in [-0.3, -0.25) is 0 Å². The highest BCUT2D eigenvalue weighted by Gasteiger charge is 2.33. The molecular weight excluding hydrogens is 252 g/mol. The summed E-state index contributed by atoms with van der Waals surface area (Å²) in [5.74, 6) is 0.794. The van der Waals surface area contributed by atoms with Gasteiger partial charge in [0.2, 0.25) is 0 Å². The fourth-order valence-electron chi connectivity index (χ4n) is 2.97. The number of hydrogen-bond donors (Lipinski definition) is 1. The van der Waals surface area contributed by atoms with Gasteiger partial charge in [0.25, 0.3) is 0 Å². The van der Waals surface area contributed by atoms with E-state index in [1.54, 1.807) is 0 Å². The molecule has 0 bridgehead atoms. The molecule has 4 heteroatoms. The number of ether oxygens (including phenoxy) is 1. The molecule has 0 saturated heterocycles. The van der Waals surface area contributed by atoms with Crippen molar-refractivity contribution >= 4 is 0 Å². The molecule has 20 heavy (non-hydrogen) atoms. The van der Waals surface area contributed by atoms with E-state index in [4.69, 9.17) is 4.74 Å². The molecule has 1 N–H and O–H groups in total. The van der Waals surface area contributed by atoms with Crippen LogP contribution in [0.4, 0.5) is 0 Å². The first-order valence-corrected chi connectivity index (χ1v) is 7.19. The summed E-state index contributed by atoms with van der Waals surface area (Å²) in [6, 6.07) is 6.56. The lowest BCUT2D eigenvalue weighted by atomic mass is 9.96. The average Bonchev–Trinajstić information content (AvgIpc) is 3.17. The van der Waals surface area contributed by atoms with Crippen molar-refractivity contribution < 1.29 is 9.84 Å². The van der Waals surface area contributed by atoms with Gasteiger partial charge in [0, 0.05) is 18.0 Å². The maximum atomic E-state index is 10.4. The third kappa shape index (κ3) is 1.91. The maximum Gasteiger partial charge on any atom is 0.143 e. The van der Waals surface area contributed by atoms with E-state index >= 15 is 0 Å². The second-order valence-corrected chi connectivity index (χ2v) is 5.86. The molecule has 1 unspecified atom stereocenters. The van der Waals surface area contributed by atoms with Gasteiger partial charge in [-0.15, -0.1) is 0 Å². The average molecular weight is 270 g/mol. The van der Waals surface area contributed by atoms with Crippen molar-refractivity contribution in [1.82, 2.24) is 9.55 Å². The molecule has 104 valence electrons. The quantitative estimate of drug-likeness (QED) is 0.912. The fraction of sp³-hybridized carbons (Fsp3) is 0.438. The van der Waals surface area contributed by atoms with E-state index in [2.05, 4.69) is 9.55 Å². The molecule has 1 aromatic carbocycles. The maximum absolute atomic E-state index is 10.4. The van der Waals surface area contributed by atoms with Crippen molar-refractivity contribution in [3.63, 3.8) is 0 Å². The largest absolute Gasteiger partial charge is 0.484 e. The number of imidazole rings is 1. The highest BCUT2D eigenvalue weighted by Crippen LogP contribution is 2.43. The zero-order chi connectivity index (χ0) is 13.7.